The van der Waals surface area contributed by atoms with E-state index < -0.39 is 5.72 Å². The molecule has 5 nitrogen and oxygen atoms in total. The number of aliphatic hydroxyl groups is 1. The van der Waals surface area contributed by atoms with Gasteiger partial charge in [0.05, 0.1) is 19.5 Å². The van der Waals surface area contributed by atoms with Gasteiger partial charge in [0.2, 0.25) is 0 Å². The Labute approximate surface area is 121 Å². The van der Waals surface area contributed by atoms with Crippen LogP contribution in [0.1, 0.15) is 18.1 Å². The second-order valence-electron chi connectivity index (χ2n) is 5.02. The normalized spacial score (nSPS) is 28.1. The molecule has 20 heavy (non-hydrogen) atoms. The lowest BCUT2D eigenvalue weighted by molar-refractivity contribution is -0.0811. The molecule has 0 unspecified atom stereocenters. The molecule has 0 spiro atoms. The van der Waals surface area contributed by atoms with Crippen LogP contribution >= 0.6 is 11.8 Å². The Bertz CT molecular complexity index is 577. The number of hydrogen-bond acceptors (Lipinski definition) is 5. The number of fused-ring (bicyclic) bond motifs is 3. The monoisotopic (exact) mass is 295 g/mol. The van der Waals surface area contributed by atoms with Gasteiger partial charge in [-0.15, -0.1) is 0 Å². The van der Waals surface area contributed by atoms with Crippen molar-refractivity contribution < 1.29 is 19.4 Å². The van der Waals surface area contributed by atoms with Gasteiger partial charge in [-0.2, -0.15) is 0 Å². The van der Waals surface area contributed by atoms with Crippen molar-refractivity contribution in [2.45, 2.75) is 24.3 Å². The molecule has 1 amide bonds. The lowest BCUT2D eigenvalue weighted by Gasteiger charge is -2.41. The van der Waals surface area contributed by atoms with Crippen LogP contribution in [0.15, 0.2) is 12.1 Å². The summed E-state index contributed by atoms with van der Waals surface area (Å²) in [5.41, 5.74) is 0.491. The molecule has 2 aliphatic rings. The third-order valence-corrected chi connectivity index (χ3v) is 5.19. The number of thioether (sulfide) groups is 1. The Morgan fingerprint density at radius 2 is 2.00 bits per heavy atom. The maximum Gasteiger partial charge on any atom is 0.284 e. The van der Waals surface area contributed by atoms with Crippen molar-refractivity contribution in [3.63, 3.8) is 0 Å². The largest absolute Gasteiger partial charge is 0.493 e. The highest BCUT2D eigenvalue weighted by Crippen LogP contribution is 2.50. The van der Waals surface area contributed by atoms with Crippen LogP contribution < -0.4 is 9.47 Å². The maximum atomic E-state index is 12.0. The zero-order chi connectivity index (χ0) is 14.5. The Hall–Kier alpha value is -1.40. The lowest BCUT2D eigenvalue weighted by Crippen LogP contribution is -2.51. The van der Waals surface area contributed by atoms with E-state index in [-0.39, 0.29) is 10.5 Å². The fourth-order valence-electron chi connectivity index (χ4n) is 2.98. The van der Waals surface area contributed by atoms with E-state index in [9.17, 15) is 9.90 Å². The van der Waals surface area contributed by atoms with Crippen LogP contribution in [-0.2, 0) is 12.1 Å². The molecule has 3 rings (SSSR count). The van der Waals surface area contributed by atoms with Crippen molar-refractivity contribution in [1.82, 2.24) is 4.90 Å². The first-order valence-corrected chi connectivity index (χ1v) is 7.36. The average molecular weight is 295 g/mol. The van der Waals surface area contributed by atoms with E-state index in [2.05, 4.69) is 0 Å². The van der Waals surface area contributed by atoms with Crippen LogP contribution in [0.3, 0.4) is 0 Å². The number of ether oxygens (including phenoxy) is 2. The second kappa shape index (κ2) is 4.56. The molecule has 1 aromatic rings. The van der Waals surface area contributed by atoms with Gasteiger partial charge in [0.15, 0.2) is 17.2 Å². The summed E-state index contributed by atoms with van der Waals surface area (Å²) in [4.78, 5) is 13.5. The highest BCUT2D eigenvalue weighted by molar-refractivity contribution is 8.14. The molecule has 6 heteroatoms. The molecular weight excluding hydrogens is 278 g/mol. The third kappa shape index (κ3) is 1.64. The highest BCUT2D eigenvalue weighted by Gasteiger charge is 2.54. The molecule has 2 aliphatic heterocycles. The molecule has 2 heterocycles. The quantitative estimate of drug-likeness (QED) is 0.904. The first-order valence-electron chi connectivity index (χ1n) is 6.48. The van der Waals surface area contributed by atoms with Crippen molar-refractivity contribution in [2.24, 2.45) is 0 Å². The number of nitrogens with zero attached hydrogens (tertiary/aromatic N) is 1. The summed E-state index contributed by atoms with van der Waals surface area (Å²) in [7, 11) is 3.15. The molecule has 1 aromatic carbocycles. The van der Waals surface area contributed by atoms with Crippen molar-refractivity contribution in [1.29, 1.82) is 0 Å². The standard InChI is InChI=1S/C14H17NO4S/c1-8-14(17)10-7-12(19-3)11(18-2)6-9(10)4-5-15(14)13(16)20-8/h6-8,17H,4-5H2,1-3H3/t8-,14-/m1/s1. The number of methoxy groups -OCH3 is 2. The molecule has 1 N–H and O–H groups in total. The molecule has 1 fully saturated rings. The minimum absolute atomic E-state index is 0.0690. The van der Waals surface area contributed by atoms with E-state index in [1.54, 1.807) is 25.2 Å². The SMILES string of the molecule is COc1cc2c(cc1OC)[C@]1(O)[C@@H](C)SC(=O)N1CC2. The van der Waals surface area contributed by atoms with E-state index >= 15 is 0 Å². The Kier molecular flexibility index (Phi) is 3.10. The summed E-state index contributed by atoms with van der Waals surface area (Å²) in [5.74, 6) is 1.21. The van der Waals surface area contributed by atoms with Gasteiger partial charge in [-0.25, -0.2) is 0 Å². The van der Waals surface area contributed by atoms with Crippen LogP contribution in [0, 0.1) is 0 Å². The van der Waals surface area contributed by atoms with Gasteiger partial charge in [-0.1, -0.05) is 11.8 Å². The molecular formula is C14H17NO4S. The van der Waals surface area contributed by atoms with E-state index in [0.717, 1.165) is 11.1 Å². The molecule has 1 saturated heterocycles. The zero-order valence-electron chi connectivity index (χ0n) is 11.7. The fourth-order valence-corrected chi connectivity index (χ4v) is 4.06. The molecule has 0 bridgehead atoms. The van der Waals surface area contributed by atoms with Gasteiger partial charge >= 0.3 is 0 Å². The highest BCUT2D eigenvalue weighted by atomic mass is 32.2. The van der Waals surface area contributed by atoms with Gasteiger partial charge in [-0.05, 0) is 31.0 Å². The molecule has 108 valence electrons. The summed E-state index contributed by atoms with van der Waals surface area (Å²) in [6, 6.07) is 3.68. The van der Waals surface area contributed by atoms with E-state index in [0.29, 0.717) is 24.5 Å². The van der Waals surface area contributed by atoms with Crippen LogP contribution in [0.4, 0.5) is 4.79 Å². The van der Waals surface area contributed by atoms with Gasteiger partial charge in [0.1, 0.15) is 0 Å². The van der Waals surface area contributed by atoms with Crippen molar-refractivity contribution in [2.75, 3.05) is 20.8 Å². The summed E-state index contributed by atoms with van der Waals surface area (Å²) in [5, 5.41) is 10.8. The van der Waals surface area contributed by atoms with Crippen LogP contribution in [0.2, 0.25) is 0 Å². The molecule has 0 aromatic heterocycles. The van der Waals surface area contributed by atoms with Gasteiger partial charge < -0.3 is 14.6 Å². The molecule has 0 aliphatic carbocycles. The van der Waals surface area contributed by atoms with E-state index in [1.807, 2.05) is 13.0 Å². The predicted octanol–water partition coefficient (Wildman–Crippen LogP) is 1.96. The summed E-state index contributed by atoms with van der Waals surface area (Å²) in [6.45, 7) is 2.39. The number of hydrogen-bond donors (Lipinski definition) is 1. The number of rotatable bonds is 2. The third-order valence-electron chi connectivity index (χ3n) is 4.09. The van der Waals surface area contributed by atoms with Crippen LogP contribution in [0.25, 0.3) is 0 Å². The molecule has 0 radical (unpaired) electrons. The molecule has 0 saturated carbocycles. The number of amides is 1. The fraction of sp³-hybridized carbons (Fsp3) is 0.500. The Morgan fingerprint density at radius 3 is 2.65 bits per heavy atom. The lowest BCUT2D eigenvalue weighted by atomic mass is 9.87. The number of carbonyl (C=O) groups excluding carboxylic acids is 1. The average Bonchev–Trinajstić information content (AvgIpc) is 2.68. The van der Waals surface area contributed by atoms with Crippen LogP contribution in [0.5, 0.6) is 11.5 Å². The minimum atomic E-state index is -1.26. The van der Waals surface area contributed by atoms with Crippen molar-refractivity contribution >= 4 is 17.0 Å². The van der Waals surface area contributed by atoms with Crippen molar-refractivity contribution in [3.8, 4) is 11.5 Å². The van der Waals surface area contributed by atoms with Crippen LogP contribution in [-0.4, -0.2) is 41.3 Å². The smallest absolute Gasteiger partial charge is 0.284 e. The topological polar surface area (TPSA) is 59.0 Å². The zero-order valence-corrected chi connectivity index (χ0v) is 12.5. The first-order chi connectivity index (χ1) is 9.52. The van der Waals surface area contributed by atoms with Crippen molar-refractivity contribution in [3.05, 3.63) is 23.3 Å². The summed E-state index contributed by atoms with van der Waals surface area (Å²) >= 11 is 1.18. The number of benzene rings is 1. The Morgan fingerprint density at radius 1 is 1.35 bits per heavy atom. The predicted molar refractivity (Wildman–Crippen MR) is 76.3 cm³/mol. The van der Waals surface area contributed by atoms with E-state index in [4.69, 9.17) is 9.47 Å². The van der Waals surface area contributed by atoms with Gasteiger partial charge in [0, 0.05) is 12.1 Å². The van der Waals surface area contributed by atoms with Gasteiger partial charge in [-0.3, -0.25) is 9.69 Å². The van der Waals surface area contributed by atoms with E-state index in [1.165, 1.54) is 11.8 Å². The summed E-state index contributed by atoms with van der Waals surface area (Å²) in [6.07, 6.45) is 0.705. The van der Waals surface area contributed by atoms with Gasteiger partial charge in [0.25, 0.3) is 5.24 Å². The number of carbonyl (C=O) groups is 1. The summed E-state index contributed by atoms with van der Waals surface area (Å²) < 4.78 is 10.6. The maximum absolute atomic E-state index is 12.0. The minimum Gasteiger partial charge on any atom is -0.493 e. The molecule has 2 atom stereocenters. The Balaban J connectivity index is 2.18. The second-order valence-corrected chi connectivity index (χ2v) is 6.31. The first kappa shape index (κ1) is 13.6.